The van der Waals surface area contributed by atoms with Crippen molar-refractivity contribution in [3.05, 3.63) is 57.4 Å². The highest BCUT2D eigenvalue weighted by Gasteiger charge is 2.26. The Labute approximate surface area is 145 Å². The quantitative estimate of drug-likeness (QED) is 0.364. The van der Waals surface area contributed by atoms with Crippen LogP contribution in [0.4, 0.5) is 17.2 Å². The van der Waals surface area contributed by atoms with Crippen molar-refractivity contribution >= 4 is 17.2 Å². The molecule has 1 saturated heterocycles. The first kappa shape index (κ1) is 16.8. The van der Waals surface area contributed by atoms with Crippen molar-refractivity contribution in [2.75, 3.05) is 43.1 Å². The van der Waals surface area contributed by atoms with Gasteiger partial charge in [0.1, 0.15) is 24.5 Å². The molecule has 0 unspecified atom stereocenters. The van der Waals surface area contributed by atoms with Crippen molar-refractivity contribution in [2.45, 2.75) is 6.92 Å². The lowest BCUT2D eigenvalue weighted by Gasteiger charge is -2.33. The fraction of sp³-hybridized carbons (Fsp3) is 0.353. The lowest BCUT2D eigenvalue weighted by molar-refractivity contribution is -0.599. The zero-order chi connectivity index (χ0) is 18.0. The molecule has 1 aliphatic rings. The monoisotopic (exact) mass is 344 g/mol. The van der Waals surface area contributed by atoms with Gasteiger partial charge in [-0.25, -0.2) is 4.73 Å². The molecule has 1 aromatic heterocycles. The van der Waals surface area contributed by atoms with Gasteiger partial charge in [0, 0.05) is 23.9 Å². The number of aryl methyl sites for hydroxylation is 1. The fourth-order valence-electron chi connectivity index (χ4n) is 2.99. The third-order valence-electron chi connectivity index (χ3n) is 4.42. The molecule has 0 atom stereocenters. The summed E-state index contributed by atoms with van der Waals surface area (Å²) in [5, 5.41) is 23.1. The van der Waals surface area contributed by atoms with Crippen molar-refractivity contribution in [1.82, 2.24) is 0 Å². The average Bonchev–Trinajstić information content (AvgIpc) is 2.64. The number of nitrogens with zero attached hydrogens (tertiary/aromatic N) is 4. The number of benzene rings is 1. The van der Waals surface area contributed by atoms with Gasteiger partial charge in [0.25, 0.3) is 11.5 Å². The Bertz CT molecular complexity index is 771. The van der Waals surface area contributed by atoms with Crippen LogP contribution >= 0.6 is 0 Å². The molecule has 25 heavy (non-hydrogen) atoms. The summed E-state index contributed by atoms with van der Waals surface area (Å²) in [5.74, 6) is 1.25. The van der Waals surface area contributed by atoms with Crippen LogP contribution in [-0.4, -0.2) is 38.2 Å². The number of non-ortho nitro benzene ring substituents is 1. The number of hydrogen-bond acceptors (Lipinski definition) is 6. The van der Waals surface area contributed by atoms with Crippen molar-refractivity contribution in [1.29, 1.82) is 0 Å². The summed E-state index contributed by atoms with van der Waals surface area (Å²) in [7, 11) is 1.58. The van der Waals surface area contributed by atoms with Crippen LogP contribution in [-0.2, 0) is 0 Å². The summed E-state index contributed by atoms with van der Waals surface area (Å²) >= 11 is 0. The van der Waals surface area contributed by atoms with Crippen LogP contribution in [0.5, 0.6) is 5.75 Å². The van der Waals surface area contributed by atoms with E-state index in [1.165, 1.54) is 12.1 Å². The molecule has 1 aliphatic heterocycles. The maximum Gasteiger partial charge on any atom is 0.283 e. The van der Waals surface area contributed by atoms with E-state index in [1.807, 2.05) is 4.90 Å². The normalized spacial score (nSPS) is 14.5. The molecule has 0 bridgehead atoms. The van der Waals surface area contributed by atoms with Crippen LogP contribution in [0.2, 0.25) is 0 Å². The van der Waals surface area contributed by atoms with Gasteiger partial charge in [0.2, 0.25) is 0 Å². The largest absolute Gasteiger partial charge is 0.710 e. The van der Waals surface area contributed by atoms with Crippen LogP contribution in [0, 0.1) is 22.2 Å². The van der Waals surface area contributed by atoms with Crippen molar-refractivity contribution < 1.29 is 14.4 Å². The first-order chi connectivity index (χ1) is 12.0. The molecule has 8 heteroatoms. The molecular formula is C17H20N4O4. The Kier molecular flexibility index (Phi) is 4.60. The number of piperazine rings is 1. The molecule has 0 N–H and O–H groups in total. The predicted molar refractivity (Wildman–Crippen MR) is 94.2 cm³/mol. The molecule has 1 fully saturated rings. The second kappa shape index (κ2) is 6.84. The number of rotatable bonds is 4. The van der Waals surface area contributed by atoms with Gasteiger partial charge in [-0.3, -0.25) is 15.0 Å². The number of nitro benzene ring substituents is 1. The molecule has 0 radical (unpaired) electrons. The van der Waals surface area contributed by atoms with E-state index in [-0.39, 0.29) is 5.69 Å². The van der Waals surface area contributed by atoms with Crippen LogP contribution in [0.1, 0.15) is 5.69 Å². The van der Waals surface area contributed by atoms with E-state index < -0.39 is 4.92 Å². The van der Waals surface area contributed by atoms with Gasteiger partial charge in [0.05, 0.1) is 31.2 Å². The zero-order valence-electron chi connectivity index (χ0n) is 14.2. The molecule has 0 amide bonds. The Morgan fingerprint density at radius 3 is 2.24 bits per heavy atom. The van der Waals surface area contributed by atoms with Gasteiger partial charge < -0.3 is 14.8 Å². The molecule has 2 aromatic rings. The highest BCUT2D eigenvalue weighted by molar-refractivity contribution is 5.52. The summed E-state index contributed by atoms with van der Waals surface area (Å²) < 4.78 is 6.18. The van der Waals surface area contributed by atoms with Gasteiger partial charge in [-0.1, -0.05) is 0 Å². The molecular weight excluding hydrogens is 324 g/mol. The molecule has 1 aromatic carbocycles. The lowest BCUT2D eigenvalue weighted by atomic mass is 10.2. The van der Waals surface area contributed by atoms with Gasteiger partial charge in [-0.2, -0.15) is 0 Å². The van der Waals surface area contributed by atoms with Crippen LogP contribution in [0.15, 0.2) is 36.4 Å². The number of ether oxygens (including phenoxy) is 1. The molecule has 8 nitrogen and oxygen atoms in total. The average molecular weight is 344 g/mol. The Morgan fingerprint density at radius 2 is 1.68 bits per heavy atom. The number of hydrogen-bond donors (Lipinski definition) is 0. The van der Waals surface area contributed by atoms with Gasteiger partial charge in [-0.15, -0.1) is 0 Å². The number of aromatic nitrogens is 1. The maximum atomic E-state index is 12.3. The smallest absolute Gasteiger partial charge is 0.283 e. The van der Waals surface area contributed by atoms with Crippen molar-refractivity contribution in [3.63, 3.8) is 0 Å². The van der Waals surface area contributed by atoms with E-state index in [4.69, 9.17) is 4.74 Å². The van der Waals surface area contributed by atoms with Crippen LogP contribution < -0.4 is 19.3 Å². The van der Waals surface area contributed by atoms with E-state index in [1.54, 1.807) is 38.3 Å². The maximum absolute atomic E-state index is 12.3. The molecule has 3 rings (SSSR count). The lowest BCUT2D eigenvalue weighted by Crippen LogP contribution is -2.50. The first-order valence-corrected chi connectivity index (χ1v) is 8.02. The predicted octanol–water partition coefficient (Wildman–Crippen LogP) is 1.87. The second-order valence-electron chi connectivity index (χ2n) is 5.94. The minimum absolute atomic E-state index is 0.0849. The van der Waals surface area contributed by atoms with E-state index in [9.17, 15) is 15.3 Å². The third kappa shape index (κ3) is 3.42. The minimum Gasteiger partial charge on any atom is -0.710 e. The zero-order valence-corrected chi connectivity index (χ0v) is 14.2. The fourth-order valence-corrected chi connectivity index (χ4v) is 2.99. The SMILES string of the molecule is COc1cc(C)[n+]([O-])c(N2CCN(c3ccc([N+](=O)[O-])cc3)CC2)c1. The van der Waals surface area contributed by atoms with Crippen molar-refractivity contribution in [3.8, 4) is 5.75 Å². The van der Waals surface area contributed by atoms with Gasteiger partial charge in [-0.05, 0) is 19.1 Å². The number of nitro groups is 1. The summed E-state index contributed by atoms with van der Waals surface area (Å²) in [4.78, 5) is 14.5. The second-order valence-corrected chi connectivity index (χ2v) is 5.94. The summed E-state index contributed by atoms with van der Waals surface area (Å²) in [6.45, 7) is 4.59. The molecule has 0 saturated carbocycles. The molecule has 0 aliphatic carbocycles. The molecule has 132 valence electrons. The number of methoxy groups -OCH3 is 1. The van der Waals surface area contributed by atoms with Crippen LogP contribution in [0.3, 0.4) is 0 Å². The highest BCUT2D eigenvalue weighted by Crippen LogP contribution is 2.23. The Balaban J connectivity index is 1.72. The molecule has 2 heterocycles. The van der Waals surface area contributed by atoms with E-state index in [0.29, 0.717) is 30.4 Å². The van der Waals surface area contributed by atoms with E-state index in [0.717, 1.165) is 23.5 Å². The Morgan fingerprint density at radius 1 is 1.08 bits per heavy atom. The van der Waals surface area contributed by atoms with Gasteiger partial charge >= 0.3 is 0 Å². The first-order valence-electron chi connectivity index (χ1n) is 8.02. The van der Waals surface area contributed by atoms with Crippen molar-refractivity contribution in [2.24, 2.45) is 0 Å². The highest BCUT2D eigenvalue weighted by atomic mass is 16.6. The topological polar surface area (TPSA) is 85.8 Å². The van der Waals surface area contributed by atoms with E-state index in [2.05, 4.69) is 4.90 Å². The van der Waals surface area contributed by atoms with Crippen LogP contribution in [0.25, 0.3) is 0 Å². The number of pyridine rings is 1. The minimum atomic E-state index is -0.403. The summed E-state index contributed by atoms with van der Waals surface area (Å²) in [6, 6.07) is 10.0. The number of anilines is 2. The summed E-state index contributed by atoms with van der Waals surface area (Å²) in [5.41, 5.74) is 1.62. The third-order valence-corrected chi connectivity index (χ3v) is 4.42. The standard InChI is InChI=1S/C17H20N4O4/c1-13-11-16(25-2)12-17(20(13)22)19-9-7-18(8-10-19)14-3-5-15(6-4-14)21(23)24/h3-6,11-12H,7-10H2,1-2H3. The van der Waals surface area contributed by atoms with Gasteiger partial charge in [0.15, 0.2) is 0 Å². The summed E-state index contributed by atoms with van der Waals surface area (Å²) in [6.07, 6.45) is 0. The van der Waals surface area contributed by atoms with E-state index >= 15 is 0 Å². The molecule has 0 spiro atoms. The Hall–Kier alpha value is -3.03.